The molecule has 0 aliphatic carbocycles. The summed E-state index contributed by atoms with van der Waals surface area (Å²) in [5, 5.41) is 3.06. The van der Waals surface area contributed by atoms with Gasteiger partial charge in [0.25, 0.3) is 5.91 Å². The van der Waals surface area contributed by atoms with E-state index in [0.717, 1.165) is 23.3 Å². The van der Waals surface area contributed by atoms with Gasteiger partial charge in [-0.1, -0.05) is 31.2 Å². The van der Waals surface area contributed by atoms with Crippen LogP contribution in [-0.4, -0.2) is 25.7 Å². The maximum atomic E-state index is 12.6. The third-order valence-corrected chi connectivity index (χ3v) is 4.35. The van der Waals surface area contributed by atoms with E-state index in [1.54, 1.807) is 13.2 Å². The fourth-order valence-corrected chi connectivity index (χ4v) is 2.95. The Morgan fingerprint density at radius 3 is 2.72 bits per heavy atom. The maximum absolute atomic E-state index is 12.6. The number of amides is 1. The Morgan fingerprint density at radius 1 is 1.28 bits per heavy atom. The lowest BCUT2D eigenvalue weighted by molar-refractivity contribution is -0.131. The van der Waals surface area contributed by atoms with E-state index in [-0.39, 0.29) is 18.6 Å². The highest BCUT2D eigenvalue weighted by Crippen LogP contribution is 2.31. The molecule has 0 fully saturated rings. The van der Waals surface area contributed by atoms with E-state index < -0.39 is 6.10 Å². The Morgan fingerprint density at radius 2 is 2.04 bits per heavy atom. The number of aryl methyl sites for hydroxylation is 1. The molecular weight excluding hydrogens is 318 g/mol. The minimum atomic E-state index is -0.650. The van der Waals surface area contributed by atoms with E-state index in [4.69, 9.17) is 14.2 Å². The average molecular weight is 341 g/mol. The molecule has 0 aromatic heterocycles. The summed E-state index contributed by atoms with van der Waals surface area (Å²) in [5.41, 5.74) is 2.09. The number of hydrogen-bond acceptors (Lipinski definition) is 4. The van der Waals surface area contributed by atoms with Gasteiger partial charge >= 0.3 is 0 Å². The van der Waals surface area contributed by atoms with Crippen LogP contribution in [0.4, 0.5) is 0 Å². The third-order valence-electron chi connectivity index (χ3n) is 4.35. The van der Waals surface area contributed by atoms with Gasteiger partial charge in [-0.15, -0.1) is 0 Å². The number of benzene rings is 2. The van der Waals surface area contributed by atoms with Crippen molar-refractivity contribution < 1.29 is 19.0 Å². The Labute approximate surface area is 147 Å². The Balaban J connectivity index is 1.70. The number of fused-ring (bicyclic) bond motifs is 1. The highest BCUT2D eigenvalue weighted by molar-refractivity contribution is 5.82. The second-order valence-corrected chi connectivity index (χ2v) is 6.06. The first-order valence-electron chi connectivity index (χ1n) is 8.45. The Hall–Kier alpha value is -2.69. The van der Waals surface area contributed by atoms with E-state index in [2.05, 4.69) is 5.32 Å². The van der Waals surface area contributed by atoms with E-state index in [1.165, 1.54) is 0 Å². The Bertz CT molecular complexity index is 759. The lowest BCUT2D eigenvalue weighted by atomic mass is 10.0. The topological polar surface area (TPSA) is 56.8 Å². The van der Waals surface area contributed by atoms with Gasteiger partial charge in [0, 0.05) is 0 Å². The number of nitrogens with one attached hydrogen (secondary N) is 1. The van der Waals surface area contributed by atoms with Crippen molar-refractivity contribution in [2.75, 3.05) is 13.7 Å². The van der Waals surface area contributed by atoms with Crippen molar-refractivity contribution in [3.8, 4) is 17.2 Å². The number of para-hydroxylation sites is 2. The standard InChI is InChI=1S/C20H23NO4/c1-4-15(14-9-10-16(23-3)13(2)11-14)21-20(22)19-12-24-17-7-5-6-8-18(17)25-19/h5-11,15,19H,4,12H2,1-3H3,(H,21,22)/t15-,19+/m1/s1. The van der Waals surface area contributed by atoms with Crippen molar-refractivity contribution in [1.82, 2.24) is 5.32 Å². The van der Waals surface area contributed by atoms with Crippen LogP contribution in [0.25, 0.3) is 0 Å². The fourth-order valence-electron chi connectivity index (χ4n) is 2.95. The van der Waals surface area contributed by atoms with Crippen molar-refractivity contribution in [2.24, 2.45) is 0 Å². The zero-order valence-electron chi connectivity index (χ0n) is 14.7. The molecule has 25 heavy (non-hydrogen) atoms. The molecule has 3 rings (SSSR count). The molecule has 2 aromatic carbocycles. The summed E-state index contributed by atoms with van der Waals surface area (Å²) in [7, 11) is 1.65. The number of ether oxygens (including phenoxy) is 3. The molecule has 132 valence electrons. The van der Waals surface area contributed by atoms with Crippen molar-refractivity contribution in [3.63, 3.8) is 0 Å². The summed E-state index contributed by atoms with van der Waals surface area (Å²) in [6.45, 7) is 4.24. The molecule has 0 unspecified atom stereocenters. The van der Waals surface area contributed by atoms with E-state index >= 15 is 0 Å². The summed E-state index contributed by atoms with van der Waals surface area (Å²) < 4.78 is 16.7. The quantitative estimate of drug-likeness (QED) is 0.905. The summed E-state index contributed by atoms with van der Waals surface area (Å²) in [4.78, 5) is 12.6. The predicted octanol–water partition coefficient (Wildman–Crippen LogP) is 3.41. The summed E-state index contributed by atoms with van der Waals surface area (Å²) in [5.74, 6) is 1.94. The summed E-state index contributed by atoms with van der Waals surface area (Å²) in [6, 6.07) is 13.2. The molecule has 0 bridgehead atoms. The van der Waals surface area contributed by atoms with Gasteiger partial charge in [-0.25, -0.2) is 0 Å². The Kier molecular flexibility index (Phi) is 5.12. The molecule has 1 heterocycles. The molecule has 2 aromatic rings. The van der Waals surface area contributed by atoms with Crippen LogP contribution in [-0.2, 0) is 4.79 Å². The predicted molar refractivity (Wildman–Crippen MR) is 95.3 cm³/mol. The van der Waals surface area contributed by atoms with Crippen LogP contribution in [0.1, 0.15) is 30.5 Å². The normalized spacial score (nSPS) is 16.8. The van der Waals surface area contributed by atoms with Gasteiger partial charge in [-0.05, 0) is 42.7 Å². The maximum Gasteiger partial charge on any atom is 0.265 e. The molecule has 1 aliphatic heterocycles. The number of methoxy groups -OCH3 is 1. The average Bonchev–Trinajstić information content (AvgIpc) is 2.65. The number of rotatable bonds is 5. The van der Waals surface area contributed by atoms with Crippen LogP contribution < -0.4 is 19.5 Å². The molecule has 2 atom stereocenters. The molecule has 1 aliphatic rings. The number of carbonyl (C=O) groups is 1. The van der Waals surface area contributed by atoms with E-state index in [1.807, 2.05) is 50.2 Å². The monoisotopic (exact) mass is 341 g/mol. The van der Waals surface area contributed by atoms with Gasteiger partial charge < -0.3 is 19.5 Å². The molecule has 5 heteroatoms. The molecule has 5 nitrogen and oxygen atoms in total. The van der Waals surface area contributed by atoms with Crippen LogP contribution >= 0.6 is 0 Å². The molecule has 0 saturated heterocycles. The van der Waals surface area contributed by atoms with Gasteiger partial charge in [0.1, 0.15) is 12.4 Å². The molecule has 1 amide bonds. The minimum Gasteiger partial charge on any atom is -0.496 e. The van der Waals surface area contributed by atoms with Crippen molar-refractivity contribution >= 4 is 5.91 Å². The largest absolute Gasteiger partial charge is 0.496 e. The van der Waals surface area contributed by atoms with Crippen LogP contribution in [0, 0.1) is 6.92 Å². The highest BCUT2D eigenvalue weighted by atomic mass is 16.6. The molecule has 1 N–H and O–H groups in total. The van der Waals surface area contributed by atoms with Crippen LogP contribution in [0.15, 0.2) is 42.5 Å². The summed E-state index contributed by atoms with van der Waals surface area (Å²) in [6.07, 6.45) is 0.130. The van der Waals surface area contributed by atoms with Crippen LogP contribution in [0.2, 0.25) is 0 Å². The number of carbonyl (C=O) groups excluding carboxylic acids is 1. The lowest BCUT2D eigenvalue weighted by Crippen LogP contribution is -2.45. The number of hydrogen-bond donors (Lipinski definition) is 1. The zero-order valence-corrected chi connectivity index (χ0v) is 14.7. The van der Waals surface area contributed by atoms with Gasteiger partial charge in [-0.2, -0.15) is 0 Å². The second-order valence-electron chi connectivity index (χ2n) is 6.06. The second kappa shape index (κ2) is 7.47. The lowest BCUT2D eigenvalue weighted by Gasteiger charge is -2.27. The minimum absolute atomic E-state index is 0.0853. The SMILES string of the molecule is CC[C@@H](NC(=O)[C@@H]1COc2ccccc2O1)c1ccc(OC)c(C)c1. The van der Waals surface area contributed by atoms with Crippen molar-refractivity contribution in [1.29, 1.82) is 0 Å². The smallest absolute Gasteiger partial charge is 0.265 e. The summed E-state index contributed by atoms with van der Waals surface area (Å²) >= 11 is 0. The zero-order chi connectivity index (χ0) is 17.8. The third kappa shape index (κ3) is 3.71. The van der Waals surface area contributed by atoms with Crippen molar-refractivity contribution in [2.45, 2.75) is 32.4 Å². The van der Waals surface area contributed by atoms with Crippen molar-refractivity contribution in [3.05, 3.63) is 53.6 Å². The van der Waals surface area contributed by atoms with E-state index in [0.29, 0.717) is 11.5 Å². The molecular formula is C20H23NO4. The van der Waals surface area contributed by atoms with Crippen LogP contribution in [0.3, 0.4) is 0 Å². The van der Waals surface area contributed by atoms with Gasteiger partial charge in [0.15, 0.2) is 11.5 Å². The fraction of sp³-hybridized carbons (Fsp3) is 0.350. The first-order chi connectivity index (χ1) is 12.1. The molecule has 0 saturated carbocycles. The first kappa shape index (κ1) is 17.1. The molecule has 0 spiro atoms. The van der Waals surface area contributed by atoms with Gasteiger partial charge in [0.05, 0.1) is 13.2 Å². The first-order valence-corrected chi connectivity index (χ1v) is 8.45. The van der Waals surface area contributed by atoms with Gasteiger partial charge in [0.2, 0.25) is 6.10 Å². The van der Waals surface area contributed by atoms with Gasteiger partial charge in [-0.3, -0.25) is 4.79 Å². The highest BCUT2D eigenvalue weighted by Gasteiger charge is 2.28. The van der Waals surface area contributed by atoms with E-state index in [9.17, 15) is 4.79 Å². The molecule has 0 radical (unpaired) electrons. The van der Waals surface area contributed by atoms with Crippen LogP contribution in [0.5, 0.6) is 17.2 Å².